The van der Waals surface area contributed by atoms with E-state index in [-0.39, 0.29) is 0 Å². The summed E-state index contributed by atoms with van der Waals surface area (Å²) in [5, 5.41) is 12.2. The first-order valence-corrected chi connectivity index (χ1v) is 8.21. The van der Waals surface area contributed by atoms with Gasteiger partial charge in [-0.1, -0.05) is 31.2 Å². The molecule has 0 radical (unpaired) electrons. The first kappa shape index (κ1) is 16.5. The highest BCUT2D eigenvalue weighted by Gasteiger charge is 2.32. The monoisotopic (exact) mass is 288 g/mol. The molecular formula is C17H29BN2O. The van der Waals surface area contributed by atoms with Gasteiger partial charge in [0.15, 0.2) is 0 Å². The summed E-state index contributed by atoms with van der Waals surface area (Å²) in [6.45, 7) is 10.8. The Bertz CT molecular complexity index is 442. The number of nitrogens with one attached hydrogen (secondary N) is 1. The van der Waals surface area contributed by atoms with E-state index in [1.54, 1.807) is 6.82 Å². The maximum Gasteiger partial charge on any atom is 0.373 e. The summed E-state index contributed by atoms with van der Waals surface area (Å²) in [6.07, 6.45) is 3.58. The standard InChI is InChI=1S/C17H29BN2O/c1-15-7-4-5-8-16(15)17(2)9-13-20(14-10-17)12-6-11-19-18(3)21/h4-5,7-8,19,21H,6,9-14H2,1-3H3. The Morgan fingerprint density at radius 2 is 1.95 bits per heavy atom. The van der Waals surface area contributed by atoms with E-state index in [2.05, 4.69) is 48.2 Å². The Labute approximate surface area is 129 Å². The van der Waals surface area contributed by atoms with E-state index in [9.17, 15) is 5.02 Å². The van der Waals surface area contributed by atoms with E-state index in [1.165, 1.54) is 37.1 Å². The van der Waals surface area contributed by atoms with Crippen LogP contribution in [0.1, 0.15) is 37.3 Å². The number of piperidine rings is 1. The zero-order valence-electron chi connectivity index (χ0n) is 13.7. The van der Waals surface area contributed by atoms with Crippen molar-refractivity contribution in [2.24, 2.45) is 0 Å². The zero-order chi connectivity index (χ0) is 15.3. The molecule has 1 aliphatic heterocycles. The fourth-order valence-electron chi connectivity index (χ4n) is 3.40. The van der Waals surface area contributed by atoms with Gasteiger partial charge < -0.3 is 15.2 Å². The Hall–Kier alpha value is -0.835. The van der Waals surface area contributed by atoms with Gasteiger partial charge >= 0.3 is 7.05 Å². The minimum absolute atomic E-state index is 0.333. The summed E-state index contributed by atoms with van der Waals surface area (Å²) in [7, 11) is -0.393. The van der Waals surface area contributed by atoms with E-state index in [4.69, 9.17) is 0 Å². The van der Waals surface area contributed by atoms with Gasteiger partial charge in [0.1, 0.15) is 0 Å². The molecule has 1 aromatic rings. The Morgan fingerprint density at radius 3 is 2.57 bits per heavy atom. The quantitative estimate of drug-likeness (QED) is 0.623. The first-order chi connectivity index (χ1) is 10.0. The van der Waals surface area contributed by atoms with Gasteiger partial charge in [-0.2, -0.15) is 0 Å². The molecule has 0 atom stereocenters. The molecular weight excluding hydrogens is 259 g/mol. The third-order valence-electron chi connectivity index (χ3n) is 4.85. The SMILES string of the molecule is CB(O)NCCCN1CCC(C)(c2ccccc2C)CC1. The molecule has 21 heavy (non-hydrogen) atoms. The van der Waals surface area contributed by atoms with E-state index in [0.29, 0.717) is 5.41 Å². The lowest BCUT2D eigenvalue weighted by molar-refractivity contribution is 0.167. The van der Waals surface area contributed by atoms with E-state index < -0.39 is 7.05 Å². The second-order valence-corrected chi connectivity index (χ2v) is 6.70. The van der Waals surface area contributed by atoms with E-state index in [0.717, 1.165) is 19.5 Å². The number of hydrogen-bond donors (Lipinski definition) is 2. The number of hydrogen-bond acceptors (Lipinski definition) is 3. The average Bonchev–Trinajstić information content (AvgIpc) is 2.46. The van der Waals surface area contributed by atoms with Crippen molar-refractivity contribution in [2.75, 3.05) is 26.2 Å². The molecule has 2 N–H and O–H groups in total. The van der Waals surface area contributed by atoms with Crippen LogP contribution in [-0.2, 0) is 5.41 Å². The van der Waals surface area contributed by atoms with E-state index >= 15 is 0 Å². The summed E-state index contributed by atoms with van der Waals surface area (Å²) in [4.78, 5) is 2.56. The highest BCUT2D eigenvalue weighted by Crippen LogP contribution is 2.36. The minimum atomic E-state index is -0.393. The zero-order valence-corrected chi connectivity index (χ0v) is 13.7. The lowest BCUT2D eigenvalue weighted by Gasteiger charge is -2.40. The summed E-state index contributed by atoms with van der Waals surface area (Å²) in [5.41, 5.74) is 3.29. The van der Waals surface area contributed by atoms with E-state index in [1.807, 2.05) is 0 Å². The molecule has 1 heterocycles. The molecule has 0 spiro atoms. The van der Waals surface area contributed by atoms with Crippen molar-refractivity contribution in [2.45, 2.75) is 45.3 Å². The van der Waals surface area contributed by atoms with Crippen LogP contribution in [0.2, 0.25) is 6.82 Å². The van der Waals surface area contributed by atoms with Crippen molar-refractivity contribution < 1.29 is 5.02 Å². The van der Waals surface area contributed by atoms with Crippen molar-refractivity contribution in [1.82, 2.24) is 10.1 Å². The topological polar surface area (TPSA) is 35.5 Å². The molecule has 0 bridgehead atoms. The summed E-state index contributed by atoms with van der Waals surface area (Å²) in [6, 6.07) is 8.83. The molecule has 4 heteroatoms. The van der Waals surface area contributed by atoms with Crippen molar-refractivity contribution >= 4 is 7.05 Å². The fourth-order valence-corrected chi connectivity index (χ4v) is 3.40. The molecule has 0 amide bonds. The van der Waals surface area contributed by atoms with Crippen molar-refractivity contribution in [3.8, 4) is 0 Å². The van der Waals surface area contributed by atoms with Crippen LogP contribution in [0.3, 0.4) is 0 Å². The normalized spacial score (nSPS) is 18.7. The molecule has 1 aromatic carbocycles. The molecule has 1 aliphatic rings. The maximum atomic E-state index is 9.19. The summed E-state index contributed by atoms with van der Waals surface area (Å²) >= 11 is 0. The third kappa shape index (κ3) is 4.57. The van der Waals surface area contributed by atoms with Crippen LogP contribution in [0, 0.1) is 6.92 Å². The molecule has 0 saturated carbocycles. The molecule has 1 fully saturated rings. The van der Waals surface area contributed by atoms with Crippen LogP contribution in [0.25, 0.3) is 0 Å². The maximum absolute atomic E-state index is 9.19. The fraction of sp³-hybridized carbons (Fsp3) is 0.647. The predicted octanol–water partition coefficient (Wildman–Crippen LogP) is 2.44. The van der Waals surface area contributed by atoms with Gasteiger partial charge in [-0.05, 0) is 75.7 Å². The summed E-state index contributed by atoms with van der Waals surface area (Å²) < 4.78 is 0. The van der Waals surface area contributed by atoms with Crippen LogP contribution in [-0.4, -0.2) is 43.2 Å². The first-order valence-electron chi connectivity index (χ1n) is 8.21. The highest BCUT2D eigenvalue weighted by molar-refractivity contribution is 6.45. The largest absolute Gasteiger partial charge is 0.437 e. The highest BCUT2D eigenvalue weighted by atomic mass is 16.2. The van der Waals surface area contributed by atoms with Crippen LogP contribution in [0.15, 0.2) is 24.3 Å². The lowest BCUT2D eigenvalue weighted by atomic mass is 9.73. The molecule has 116 valence electrons. The van der Waals surface area contributed by atoms with Gasteiger partial charge in [-0.15, -0.1) is 0 Å². The van der Waals surface area contributed by atoms with Crippen LogP contribution >= 0.6 is 0 Å². The van der Waals surface area contributed by atoms with Crippen molar-refractivity contribution in [3.05, 3.63) is 35.4 Å². The molecule has 0 aliphatic carbocycles. The van der Waals surface area contributed by atoms with Gasteiger partial charge in [0.2, 0.25) is 0 Å². The number of rotatable bonds is 6. The second kappa shape index (κ2) is 7.43. The Morgan fingerprint density at radius 1 is 1.29 bits per heavy atom. The summed E-state index contributed by atoms with van der Waals surface area (Å²) in [5.74, 6) is 0. The number of likely N-dealkylation sites (tertiary alicyclic amines) is 1. The smallest absolute Gasteiger partial charge is 0.373 e. The Balaban J connectivity index is 1.81. The molecule has 1 saturated heterocycles. The molecule has 3 nitrogen and oxygen atoms in total. The van der Waals surface area contributed by atoms with Gasteiger partial charge in [0, 0.05) is 0 Å². The van der Waals surface area contributed by atoms with Gasteiger partial charge in [-0.25, -0.2) is 0 Å². The second-order valence-electron chi connectivity index (χ2n) is 6.70. The number of aryl methyl sites for hydroxylation is 1. The van der Waals surface area contributed by atoms with Gasteiger partial charge in [-0.3, -0.25) is 0 Å². The molecule has 0 aromatic heterocycles. The number of nitrogens with zero attached hydrogens (tertiary/aromatic N) is 1. The van der Waals surface area contributed by atoms with Crippen molar-refractivity contribution in [1.29, 1.82) is 0 Å². The van der Waals surface area contributed by atoms with Gasteiger partial charge in [0.05, 0.1) is 0 Å². The predicted molar refractivity (Wildman–Crippen MR) is 90.7 cm³/mol. The Kier molecular flexibility index (Phi) is 5.85. The van der Waals surface area contributed by atoms with Crippen LogP contribution < -0.4 is 5.23 Å². The lowest BCUT2D eigenvalue weighted by Crippen LogP contribution is -2.42. The third-order valence-corrected chi connectivity index (χ3v) is 4.85. The number of benzene rings is 1. The average molecular weight is 288 g/mol. The molecule has 0 unspecified atom stereocenters. The van der Waals surface area contributed by atoms with Crippen LogP contribution in [0.5, 0.6) is 0 Å². The van der Waals surface area contributed by atoms with Crippen LogP contribution in [0.4, 0.5) is 0 Å². The molecule has 2 rings (SSSR count). The van der Waals surface area contributed by atoms with Crippen molar-refractivity contribution in [3.63, 3.8) is 0 Å². The van der Waals surface area contributed by atoms with Gasteiger partial charge in [0.25, 0.3) is 0 Å². The minimum Gasteiger partial charge on any atom is -0.437 e.